The molecule has 0 N–H and O–H groups in total. The first-order valence-electron chi connectivity index (χ1n) is 11.1. The van der Waals surface area contributed by atoms with Crippen LogP contribution in [0.2, 0.25) is 0 Å². The lowest BCUT2D eigenvalue weighted by Crippen LogP contribution is -2.21. The Hall–Kier alpha value is -4.92. The summed E-state index contributed by atoms with van der Waals surface area (Å²) < 4.78 is 11.9. The Bertz CT molecular complexity index is 1540. The van der Waals surface area contributed by atoms with Gasteiger partial charge in [-0.3, -0.25) is 14.4 Å². The summed E-state index contributed by atoms with van der Waals surface area (Å²) in [4.78, 5) is 49.5. The van der Waals surface area contributed by atoms with Gasteiger partial charge in [-0.15, -0.1) is 5.10 Å². The quantitative estimate of drug-likeness (QED) is 0.268. The molecule has 4 aromatic rings. The van der Waals surface area contributed by atoms with Gasteiger partial charge in [0.05, 0.1) is 12.7 Å². The SMILES string of the molecule is CC(=O)Oc1ccccc1C(=O)OCc1cn(Cc2ccc3c(c2)C(=O)c2ccccc2C3=O)nn1. The molecule has 0 unspecified atom stereocenters. The Morgan fingerprint density at radius 3 is 2.28 bits per heavy atom. The van der Waals surface area contributed by atoms with E-state index >= 15 is 0 Å². The fourth-order valence-electron chi connectivity index (χ4n) is 4.01. The van der Waals surface area contributed by atoms with E-state index in [1.165, 1.54) is 19.1 Å². The van der Waals surface area contributed by atoms with Gasteiger partial charge in [-0.2, -0.15) is 0 Å². The summed E-state index contributed by atoms with van der Waals surface area (Å²) in [6, 6.07) is 18.2. The van der Waals surface area contributed by atoms with Crippen LogP contribution in [-0.4, -0.2) is 38.5 Å². The third kappa shape index (κ3) is 4.41. The van der Waals surface area contributed by atoms with Gasteiger partial charge in [0, 0.05) is 29.2 Å². The van der Waals surface area contributed by atoms with Gasteiger partial charge in [0.1, 0.15) is 23.6 Å². The molecule has 36 heavy (non-hydrogen) atoms. The summed E-state index contributed by atoms with van der Waals surface area (Å²) in [5.74, 6) is -1.47. The largest absolute Gasteiger partial charge is 0.455 e. The van der Waals surface area contributed by atoms with Crippen molar-refractivity contribution in [3.05, 3.63) is 112 Å². The number of esters is 2. The molecule has 0 amide bonds. The number of hydrogen-bond donors (Lipinski definition) is 0. The molecule has 0 atom stereocenters. The molecule has 178 valence electrons. The van der Waals surface area contributed by atoms with E-state index in [1.807, 2.05) is 0 Å². The van der Waals surface area contributed by atoms with Crippen LogP contribution in [0, 0.1) is 0 Å². The molecule has 1 aliphatic rings. The average molecular weight is 481 g/mol. The third-order valence-corrected chi connectivity index (χ3v) is 5.63. The standard InChI is InChI=1S/C27H19N3O6/c1-16(31)36-24-9-5-4-8-22(24)27(34)35-15-18-14-30(29-28-18)13-17-10-11-21-23(12-17)26(33)20-7-3-2-6-19(20)25(21)32/h2-12,14H,13,15H2,1H3. The van der Waals surface area contributed by atoms with Crippen LogP contribution in [-0.2, 0) is 22.7 Å². The average Bonchev–Trinajstić information content (AvgIpc) is 3.33. The van der Waals surface area contributed by atoms with Gasteiger partial charge in [0.2, 0.25) is 0 Å². The first-order chi connectivity index (χ1) is 17.4. The minimum absolute atomic E-state index is 0.113. The van der Waals surface area contributed by atoms with E-state index in [0.29, 0.717) is 34.5 Å². The molecule has 0 saturated carbocycles. The maximum atomic E-state index is 12.9. The van der Waals surface area contributed by atoms with E-state index in [2.05, 4.69) is 10.3 Å². The van der Waals surface area contributed by atoms with Crippen molar-refractivity contribution >= 4 is 23.5 Å². The van der Waals surface area contributed by atoms with Crippen molar-refractivity contribution in [1.82, 2.24) is 15.0 Å². The number of ketones is 2. The lowest BCUT2D eigenvalue weighted by molar-refractivity contribution is -0.131. The maximum Gasteiger partial charge on any atom is 0.342 e. The highest BCUT2D eigenvalue weighted by atomic mass is 16.5. The molecule has 9 nitrogen and oxygen atoms in total. The summed E-state index contributed by atoms with van der Waals surface area (Å²) in [6.07, 6.45) is 1.62. The molecule has 5 rings (SSSR count). The fourth-order valence-corrected chi connectivity index (χ4v) is 4.01. The van der Waals surface area contributed by atoms with Gasteiger partial charge in [-0.25, -0.2) is 9.48 Å². The predicted octanol–water partition coefficient (Wildman–Crippen LogP) is 3.38. The lowest BCUT2D eigenvalue weighted by atomic mass is 9.83. The van der Waals surface area contributed by atoms with E-state index in [1.54, 1.807) is 65.5 Å². The predicted molar refractivity (Wildman–Crippen MR) is 126 cm³/mol. The van der Waals surface area contributed by atoms with Gasteiger partial charge in [-0.1, -0.05) is 47.7 Å². The first kappa shape index (κ1) is 22.9. The number of para-hydroxylation sites is 1. The normalized spacial score (nSPS) is 12.0. The number of nitrogens with zero attached hydrogens (tertiary/aromatic N) is 3. The fraction of sp³-hybridized carbons (Fsp3) is 0.111. The van der Waals surface area contributed by atoms with E-state index in [-0.39, 0.29) is 29.5 Å². The molecule has 0 bridgehead atoms. The molecule has 1 heterocycles. The molecule has 0 fully saturated rings. The highest BCUT2D eigenvalue weighted by Crippen LogP contribution is 2.28. The third-order valence-electron chi connectivity index (χ3n) is 5.63. The Morgan fingerprint density at radius 1 is 0.861 bits per heavy atom. The molecule has 3 aromatic carbocycles. The number of fused-ring (bicyclic) bond motifs is 2. The Balaban J connectivity index is 1.27. The number of rotatable bonds is 6. The van der Waals surface area contributed by atoms with Gasteiger partial charge in [0.15, 0.2) is 11.6 Å². The zero-order valence-electron chi connectivity index (χ0n) is 19.1. The van der Waals surface area contributed by atoms with Crippen LogP contribution < -0.4 is 4.74 Å². The molecule has 0 saturated heterocycles. The van der Waals surface area contributed by atoms with E-state index in [4.69, 9.17) is 9.47 Å². The Kier molecular flexibility index (Phi) is 5.95. The van der Waals surface area contributed by atoms with Crippen LogP contribution in [0.5, 0.6) is 5.75 Å². The van der Waals surface area contributed by atoms with E-state index in [0.717, 1.165) is 5.56 Å². The summed E-state index contributed by atoms with van der Waals surface area (Å²) in [7, 11) is 0. The minimum atomic E-state index is -0.667. The zero-order valence-corrected chi connectivity index (χ0v) is 19.1. The minimum Gasteiger partial charge on any atom is -0.455 e. The maximum absolute atomic E-state index is 12.9. The summed E-state index contributed by atoms with van der Waals surface area (Å²) >= 11 is 0. The van der Waals surface area contributed by atoms with Crippen molar-refractivity contribution in [2.24, 2.45) is 0 Å². The van der Waals surface area contributed by atoms with E-state index in [9.17, 15) is 19.2 Å². The van der Waals surface area contributed by atoms with Crippen LogP contribution in [0.3, 0.4) is 0 Å². The second-order valence-corrected chi connectivity index (χ2v) is 8.16. The molecule has 0 spiro atoms. The topological polar surface area (TPSA) is 117 Å². The number of benzene rings is 3. The summed E-state index contributed by atoms with van der Waals surface area (Å²) in [5, 5.41) is 8.08. The Morgan fingerprint density at radius 2 is 1.53 bits per heavy atom. The molecular formula is C27H19N3O6. The highest BCUT2D eigenvalue weighted by molar-refractivity contribution is 6.28. The molecule has 0 radical (unpaired) electrons. The van der Waals surface area contributed by atoms with Gasteiger partial charge >= 0.3 is 11.9 Å². The van der Waals surface area contributed by atoms with Crippen molar-refractivity contribution in [2.45, 2.75) is 20.1 Å². The second kappa shape index (κ2) is 9.38. The van der Waals surface area contributed by atoms with Crippen LogP contribution in [0.4, 0.5) is 0 Å². The zero-order chi connectivity index (χ0) is 25.2. The number of carbonyl (C=O) groups is 4. The van der Waals surface area contributed by atoms with Gasteiger partial charge in [0.25, 0.3) is 0 Å². The summed E-state index contributed by atoms with van der Waals surface area (Å²) in [5.41, 5.74) is 2.83. The van der Waals surface area contributed by atoms with Crippen LogP contribution in [0.15, 0.2) is 72.9 Å². The van der Waals surface area contributed by atoms with Gasteiger partial charge < -0.3 is 9.47 Å². The number of carbonyl (C=O) groups excluding carboxylic acids is 4. The molecular weight excluding hydrogens is 462 g/mol. The highest BCUT2D eigenvalue weighted by Gasteiger charge is 2.29. The second-order valence-electron chi connectivity index (χ2n) is 8.16. The number of ether oxygens (including phenoxy) is 2. The molecule has 1 aromatic heterocycles. The van der Waals surface area contributed by atoms with Crippen LogP contribution in [0.25, 0.3) is 0 Å². The number of hydrogen-bond acceptors (Lipinski definition) is 8. The number of aromatic nitrogens is 3. The van der Waals surface area contributed by atoms with Crippen molar-refractivity contribution in [3.63, 3.8) is 0 Å². The molecule has 0 aliphatic heterocycles. The van der Waals surface area contributed by atoms with Crippen LogP contribution >= 0.6 is 0 Å². The smallest absolute Gasteiger partial charge is 0.342 e. The first-order valence-corrected chi connectivity index (χ1v) is 11.1. The van der Waals surface area contributed by atoms with Crippen molar-refractivity contribution in [2.75, 3.05) is 0 Å². The van der Waals surface area contributed by atoms with Crippen molar-refractivity contribution in [3.8, 4) is 5.75 Å². The molecule has 1 aliphatic carbocycles. The Labute approximate surface area is 205 Å². The van der Waals surface area contributed by atoms with E-state index < -0.39 is 11.9 Å². The summed E-state index contributed by atoms with van der Waals surface area (Å²) in [6.45, 7) is 1.41. The monoisotopic (exact) mass is 481 g/mol. The van der Waals surface area contributed by atoms with Crippen LogP contribution in [0.1, 0.15) is 60.4 Å². The van der Waals surface area contributed by atoms with Crippen molar-refractivity contribution in [1.29, 1.82) is 0 Å². The van der Waals surface area contributed by atoms with Gasteiger partial charge in [-0.05, 0) is 29.8 Å². The lowest BCUT2D eigenvalue weighted by Gasteiger charge is -2.18. The van der Waals surface area contributed by atoms with Crippen molar-refractivity contribution < 1.29 is 28.7 Å². The molecule has 9 heteroatoms.